The lowest BCUT2D eigenvalue weighted by molar-refractivity contribution is 1.05. The fourth-order valence-electron chi connectivity index (χ4n) is 1.04. The van der Waals surface area contributed by atoms with Gasteiger partial charge in [-0.25, -0.2) is 0 Å². The van der Waals surface area contributed by atoms with Crippen LogP contribution in [0.4, 0.5) is 0 Å². The Labute approximate surface area is 92.9 Å². The van der Waals surface area contributed by atoms with Crippen LogP contribution < -0.4 is 0 Å². The Bertz CT molecular complexity index is 389. The number of hydrogen-bond acceptors (Lipinski definition) is 2. The van der Waals surface area contributed by atoms with Gasteiger partial charge in [0.05, 0.1) is 0 Å². The van der Waals surface area contributed by atoms with Gasteiger partial charge in [-0.05, 0) is 0 Å². The molecule has 2 aromatic rings. The molecule has 0 spiro atoms. The smallest absolute Gasteiger partial charge is 0.136 e. The highest BCUT2D eigenvalue weighted by atomic mass is 35.5. The first-order valence-electron chi connectivity index (χ1n) is 4.35. The number of nitrogens with zero attached hydrogens (tertiary/aromatic N) is 2. The van der Waals surface area contributed by atoms with Crippen molar-refractivity contribution in [1.29, 1.82) is 0 Å². The van der Waals surface area contributed by atoms with Crippen molar-refractivity contribution in [2.45, 2.75) is 13.8 Å². The van der Waals surface area contributed by atoms with Gasteiger partial charge >= 0.3 is 0 Å². The van der Waals surface area contributed by atoms with E-state index in [0.717, 1.165) is 10.8 Å². The normalized spacial score (nSPS) is 9.43. The molecular formula is C10H10Cl2N2. The first-order chi connectivity index (χ1) is 6.79. The molecule has 4 heteroatoms. The maximum absolute atomic E-state index is 5.80. The zero-order valence-electron chi connectivity index (χ0n) is 7.96. The van der Waals surface area contributed by atoms with Gasteiger partial charge in [-0.3, -0.25) is 0 Å². The molecule has 0 radical (unpaired) electrons. The first-order valence-corrected chi connectivity index (χ1v) is 5.11. The van der Waals surface area contributed by atoms with Crippen LogP contribution in [-0.2, 0) is 0 Å². The van der Waals surface area contributed by atoms with Gasteiger partial charge in [0.2, 0.25) is 0 Å². The summed E-state index contributed by atoms with van der Waals surface area (Å²) in [5, 5.41) is 9.81. The van der Waals surface area contributed by atoms with Gasteiger partial charge in [-0.1, -0.05) is 61.3 Å². The lowest BCUT2D eigenvalue weighted by Gasteiger charge is -1.98. The summed E-state index contributed by atoms with van der Waals surface area (Å²) < 4.78 is 0. The van der Waals surface area contributed by atoms with Gasteiger partial charge in [-0.2, -0.15) is 0 Å². The summed E-state index contributed by atoms with van der Waals surface area (Å²) in [6, 6.07) is 7.48. The van der Waals surface area contributed by atoms with Gasteiger partial charge in [0.25, 0.3) is 0 Å². The molecule has 0 bridgehead atoms. The summed E-state index contributed by atoms with van der Waals surface area (Å²) in [7, 11) is 0. The van der Waals surface area contributed by atoms with Crippen LogP contribution in [0.2, 0.25) is 10.3 Å². The van der Waals surface area contributed by atoms with Gasteiger partial charge < -0.3 is 0 Å². The van der Waals surface area contributed by atoms with E-state index in [0.29, 0.717) is 10.3 Å². The molecule has 74 valence electrons. The summed E-state index contributed by atoms with van der Waals surface area (Å²) in [4.78, 5) is 0. The van der Waals surface area contributed by atoms with Gasteiger partial charge in [0.1, 0.15) is 0 Å². The van der Waals surface area contributed by atoms with E-state index in [2.05, 4.69) is 10.2 Å². The van der Waals surface area contributed by atoms with Crippen molar-refractivity contribution in [1.82, 2.24) is 10.2 Å². The number of rotatable bonds is 0. The standard InChI is InChI=1S/C8H4Cl2N2.C2H6/c9-7-5-3-1-2-4-6(5)8(10)12-11-7;1-2/h1-4H;1-2H3. The molecule has 1 heterocycles. The highest BCUT2D eigenvalue weighted by Crippen LogP contribution is 2.24. The number of aromatic nitrogens is 2. The maximum Gasteiger partial charge on any atom is 0.159 e. The molecule has 1 aromatic heterocycles. The summed E-state index contributed by atoms with van der Waals surface area (Å²) in [5.41, 5.74) is 0. The van der Waals surface area contributed by atoms with Crippen LogP contribution in [0.5, 0.6) is 0 Å². The molecule has 2 rings (SSSR count). The second-order valence-electron chi connectivity index (χ2n) is 2.33. The highest BCUT2D eigenvalue weighted by Gasteiger charge is 2.03. The van der Waals surface area contributed by atoms with Gasteiger partial charge in [-0.15, -0.1) is 10.2 Å². The predicted molar refractivity (Wildman–Crippen MR) is 60.9 cm³/mol. The summed E-state index contributed by atoms with van der Waals surface area (Å²) in [6.45, 7) is 4.00. The van der Waals surface area contributed by atoms with Crippen molar-refractivity contribution < 1.29 is 0 Å². The molecule has 0 N–H and O–H groups in total. The average Bonchev–Trinajstić information content (AvgIpc) is 2.27. The summed E-state index contributed by atoms with van der Waals surface area (Å²) in [6.07, 6.45) is 0. The van der Waals surface area contributed by atoms with E-state index in [9.17, 15) is 0 Å². The van der Waals surface area contributed by atoms with E-state index in [1.807, 2.05) is 38.1 Å². The minimum atomic E-state index is 0.384. The Morgan fingerprint density at radius 1 is 0.857 bits per heavy atom. The van der Waals surface area contributed by atoms with Crippen molar-refractivity contribution in [3.63, 3.8) is 0 Å². The largest absolute Gasteiger partial charge is 0.159 e. The van der Waals surface area contributed by atoms with E-state index in [4.69, 9.17) is 23.2 Å². The lowest BCUT2D eigenvalue weighted by Crippen LogP contribution is -1.85. The molecule has 0 aliphatic heterocycles. The highest BCUT2D eigenvalue weighted by molar-refractivity contribution is 6.38. The molecular weight excluding hydrogens is 219 g/mol. The second-order valence-corrected chi connectivity index (χ2v) is 3.04. The molecule has 0 atom stereocenters. The van der Waals surface area contributed by atoms with Crippen LogP contribution in [-0.4, -0.2) is 10.2 Å². The van der Waals surface area contributed by atoms with Crippen LogP contribution >= 0.6 is 23.2 Å². The van der Waals surface area contributed by atoms with Crippen LogP contribution in [0.25, 0.3) is 10.8 Å². The van der Waals surface area contributed by atoms with E-state index in [1.54, 1.807) is 0 Å². The average molecular weight is 229 g/mol. The molecule has 0 saturated carbocycles. The zero-order valence-corrected chi connectivity index (χ0v) is 9.47. The minimum Gasteiger partial charge on any atom is -0.136 e. The fourth-order valence-corrected chi connectivity index (χ4v) is 1.44. The molecule has 1 aromatic carbocycles. The van der Waals surface area contributed by atoms with E-state index in [1.165, 1.54) is 0 Å². The third-order valence-corrected chi connectivity index (χ3v) is 2.16. The Balaban J connectivity index is 0.000000461. The van der Waals surface area contributed by atoms with E-state index >= 15 is 0 Å². The van der Waals surface area contributed by atoms with Crippen LogP contribution in [0.3, 0.4) is 0 Å². The molecule has 2 nitrogen and oxygen atoms in total. The molecule has 0 unspecified atom stereocenters. The number of fused-ring (bicyclic) bond motifs is 1. The van der Waals surface area contributed by atoms with Crippen molar-refractivity contribution >= 4 is 34.0 Å². The van der Waals surface area contributed by atoms with Crippen LogP contribution in [0.15, 0.2) is 24.3 Å². The SMILES string of the molecule is CC.Clc1nnc(Cl)c2ccccc12. The van der Waals surface area contributed by atoms with Crippen LogP contribution in [0, 0.1) is 0 Å². The molecule has 0 amide bonds. The molecule has 0 saturated heterocycles. The Hall–Kier alpha value is -0.860. The van der Waals surface area contributed by atoms with Crippen molar-refractivity contribution in [3.8, 4) is 0 Å². The maximum atomic E-state index is 5.80. The minimum absolute atomic E-state index is 0.384. The van der Waals surface area contributed by atoms with Crippen LogP contribution in [0.1, 0.15) is 13.8 Å². The molecule has 14 heavy (non-hydrogen) atoms. The molecule has 0 fully saturated rings. The second kappa shape index (κ2) is 5.13. The Morgan fingerprint density at radius 3 is 1.57 bits per heavy atom. The van der Waals surface area contributed by atoms with Crippen molar-refractivity contribution in [3.05, 3.63) is 34.6 Å². The number of halogens is 2. The number of hydrogen-bond donors (Lipinski definition) is 0. The topological polar surface area (TPSA) is 25.8 Å². The van der Waals surface area contributed by atoms with Crippen molar-refractivity contribution in [2.75, 3.05) is 0 Å². The summed E-state index contributed by atoms with van der Waals surface area (Å²) >= 11 is 11.6. The van der Waals surface area contributed by atoms with Crippen molar-refractivity contribution in [2.24, 2.45) is 0 Å². The third-order valence-electron chi connectivity index (χ3n) is 1.60. The van der Waals surface area contributed by atoms with E-state index in [-0.39, 0.29) is 0 Å². The monoisotopic (exact) mass is 228 g/mol. The zero-order chi connectivity index (χ0) is 10.6. The Kier molecular flexibility index (Phi) is 4.11. The molecule has 0 aliphatic rings. The predicted octanol–water partition coefficient (Wildman–Crippen LogP) is 3.96. The number of benzene rings is 1. The summed E-state index contributed by atoms with van der Waals surface area (Å²) in [5.74, 6) is 0. The first kappa shape index (κ1) is 11.2. The quantitative estimate of drug-likeness (QED) is 0.683. The third kappa shape index (κ3) is 2.14. The van der Waals surface area contributed by atoms with E-state index < -0.39 is 0 Å². The Morgan fingerprint density at radius 2 is 1.21 bits per heavy atom. The van der Waals surface area contributed by atoms with Gasteiger partial charge in [0.15, 0.2) is 10.3 Å². The fraction of sp³-hybridized carbons (Fsp3) is 0.200. The lowest BCUT2D eigenvalue weighted by atomic mass is 10.2. The molecule has 0 aliphatic carbocycles. The van der Waals surface area contributed by atoms with Gasteiger partial charge in [0, 0.05) is 10.8 Å².